The minimum atomic E-state index is -0.631. The molecule has 2 rings (SSSR count). The largest absolute Gasteiger partial charge is 0.334 e. The lowest BCUT2D eigenvalue weighted by atomic mass is 10.2. The molecule has 0 saturated carbocycles. The number of hydrogen-bond donors (Lipinski definition) is 0. The van der Waals surface area contributed by atoms with Gasteiger partial charge in [0.2, 0.25) is 0 Å². The van der Waals surface area contributed by atoms with Gasteiger partial charge in [0.1, 0.15) is 17.5 Å². The predicted molar refractivity (Wildman–Crippen MR) is 56.3 cm³/mol. The molecule has 1 aromatic heterocycles. The second kappa shape index (κ2) is 3.73. The zero-order valence-electron chi connectivity index (χ0n) is 7.84. The van der Waals surface area contributed by atoms with Crippen LogP contribution in [0.15, 0.2) is 29.0 Å². The number of hydrogen-bond acceptors (Lipinski definition) is 1. The lowest BCUT2D eigenvalue weighted by Crippen LogP contribution is -1.94. The van der Waals surface area contributed by atoms with Gasteiger partial charge >= 0.3 is 0 Å². The molecular formula is C10H7BrF2N2. The first-order chi connectivity index (χ1) is 7.09. The topological polar surface area (TPSA) is 17.8 Å². The van der Waals surface area contributed by atoms with Crippen molar-refractivity contribution in [2.45, 2.75) is 0 Å². The van der Waals surface area contributed by atoms with E-state index in [0.717, 1.165) is 0 Å². The van der Waals surface area contributed by atoms with Gasteiger partial charge in [0.25, 0.3) is 0 Å². The maximum atomic E-state index is 13.2. The van der Waals surface area contributed by atoms with Gasteiger partial charge in [-0.1, -0.05) is 0 Å². The van der Waals surface area contributed by atoms with Gasteiger partial charge in [0.15, 0.2) is 0 Å². The van der Waals surface area contributed by atoms with E-state index in [1.165, 1.54) is 12.1 Å². The van der Waals surface area contributed by atoms with Crippen LogP contribution in [0.5, 0.6) is 0 Å². The molecule has 0 aliphatic rings. The first-order valence-corrected chi connectivity index (χ1v) is 5.01. The van der Waals surface area contributed by atoms with Gasteiger partial charge < -0.3 is 4.57 Å². The molecule has 0 N–H and O–H groups in total. The third-order valence-corrected chi connectivity index (χ3v) is 2.82. The van der Waals surface area contributed by atoms with Crippen LogP contribution in [0.3, 0.4) is 0 Å². The lowest BCUT2D eigenvalue weighted by Gasteiger charge is -2.04. The van der Waals surface area contributed by atoms with E-state index in [1.54, 1.807) is 24.0 Å². The fraction of sp³-hybridized carbons (Fsp3) is 0.100. The number of aryl methyl sites for hydroxylation is 1. The quantitative estimate of drug-likeness (QED) is 0.730. The van der Waals surface area contributed by atoms with Gasteiger partial charge in [-0.15, -0.1) is 0 Å². The molecule has 0 aliphatic heterocycles. The SMILES string of the molecule is Cn1ccnc1-c1cc(F)c(Br)c(F)c1. The molecule has 0 radical (unpaired) electrons. The maximum absolute atomic E-state index is 13.2. The van der Waals surface area contributed by atoms with E-state index in [9.17, 15) is 8.78 Å². The van der Waals surface area contributed by atoms with Gasteiger partial charge in [-0.3, -0.25) is 0 Å². The van der Waals surface area contributed by atoms with Crippen molar-refractivity contribution < 1.29 is 8.78 Å². The summed E-state index contributed by atoms with van der Waals surface area (Å²) in [6, 6.07) is 2.49. The van der Waals surface area contributed by atoms with Crippen molar-refractivity contribution in [2.24, 2.45) is 7.05 Å². The molecule has 1 aromatic carbocycles. The number of benzene rings is 1. The molecule has 2 aromatic rings. The normalized spacial score (nSPS) is 10.7. The monoisotopic (exact) mass is 272 g/mol. The third-order valence-electron chi connectivity index (χ3n) is 2.06. The minimum Gasteiger partial charge on any atom is -0.334 e. The van der Waals surface area contributed by atoms with Gasteiger partial charge in [-0.05, 0) is 28.1 Å². The summed E-state index contributed by atoms with van der Waals surface area (Å²) in [6.45, 7) is 0. The Labute approximate surface area is 93.7 Å². The van der Waals surface area contributed by atoms with E-state index < -0.39 is 11.6 Å². The number of rotatable bonds is 1. The van der Waals surface area contributed by atoms with Crippen LogP contribution in [0.1, 0.15) is 0 Å². The van der Waals surface area contributed by atoms with Crippen molar-refractivity contribution in [1.29, 1.82) is 0 Å². The first kappa shape index (κ1) is 10.3. The van der Waals surface area contributed by atoms with Gasteiger partial charge in [-0.2, -0.15) is 0 Å². The van der Waals surface area contributed by atoms with Crippen LogP contribution in [0.4, 0.5) is 8.78 Å². The molecule has 0 amide bonds. The zero-order chi connectivity index (χ0) is 11.0. The number of nitrogens with zero attached hydrogens (tertiary/aromatic N) is 2. The summed E-state index contributed by atoms with van der Waals surface area (Å²) in [5.41, 5.74) is 0.417. The van der Waals surface area contributed by atoms with E-state index in [0.29, 0.717) is 11.4 Å². The van der Waals surface area contributed by atoms with Crippen molar-refractivity contribution in [3.63, 3.8) is 0 Å². The highest BCUT2D eigenvalue weighted by Crippen LogP contribution is 2.26. The smallest absolute Gasteiger partial charge is 0.141 e. The summed E-state index contributed by atoms with van der Waals surface area (Å²) in [7, 11) is 1.76. The Morgan fingerprint density at radius 3 is 2.33 bits per heavy atom. The summed E-state index contributed by atoms with van der Waals surface area (Å²) in [5.74, 6) is -0.735. The molecule has 0 saturated heterocycles. The fourth-order valence-corrected chi connectivity index (χ4v) is 1.56. The third kappa shape index (κ3) is 1.79. The molecule has 15 heavy (non-hydrogen) atoms. The Hall–Kier alpha value is -1.23. The van der Waals surface area contributed by atoms with Crippen LogP contribution >= 0.6 is 15.9 Å². The number of aromatic nitrogens is 2. The average molecular weight is 273 g/mol. The molecule has 78 valence electrons. The second-order valence-corrected chi connectivity index (χ2v) is 3.91. The molecule has 2 nitrogen and oxygen atoms in total. The Morgan fingerprint density at radius 1 is 1.27 bits per heavy atom. The molecule has 5 heteroatoms. The highest BCUT2D eigenvalue weighted by Gasteiger charge is 2.11. The summed E-state index contributed by atoms with van der Waals surface area (Å²) in [4.78, 5) is 4.01. The molecule has 1 heterocycles. The van der Waals surface area contributed by atoms with Crippen molar-refractivity contribution in [3.05, 3.63) is 40.6 Å². The molecule has 0 atom stereocenters. The number of halogens is 3. The minimum absolute atomic E-state index is 0.152. The molecular weight excluding hydrogens is 266 g/mol. The molecule has 0 spiro atoms. The Kier molecular flexibility index (Phi) is 2.56. The van der Waals surface area contributed by atoms with E-state index >= 15 is 0 Å². The highest BCUT2D eigenvalue weighted by atomic mass is 79.9. The second-order valence-electron chi connectivity index (χ2n) is 3.12. The van der Waals surface area contributed by atoms with Gasteiger partial charge in [-0.25, -0.2) is 13.8 Å². The van der Waals surface area contributed by atoms with Crippen LogP contribution in [-0.4, -0.2) is 9.55 Å². The molecule has 0 aliphatic carbocycles. The van der Waals surface area contributed by atoms with Crippen LogP contribution in [-0.2, 0) is 7.05 Å². The van der Waals surface area contributed by atoms with Crippen molar-refractivity contribution in [2.75, 3.05) is 0 Å². The van der Waals surface area contributed by atoms with Crippen molar-refractivity contribution in [1.82, 2.24) is 9.55 Å². The lowest BCUT2D eigenvalue weighted by molar-refractivity contribution is 0.572. The summed E-state index contributed by atoms with van der Waals surface area (Å²) >= 11 is 2.82. The fourth-order valence-electron chi connectivity index (χ4n) is 1.33. The van der Waals surface area contributed by atoms with Crippen LogP contribution in [0, 0.1) is 11.6 Å². The molecule has 0 bridgehead atoms. The maximum Gasteiger partial charge on any atom is 0.141 e. The van der Waals surface area contributed by atoms with Crippen LogP contribution in [0.2, 0.25) is 0 Å². The number of imidazole rings is 1. The van der Waals surface area contributed by atoms with E-state index in [-0.39, 0.29) is 4.47 Å². The Bertz CT molecular complexity index is 485. The van der Waals surface area contributed by atoms with E-state index in [1.807, 2.05) is 0 Å². The standard InChI is InChI=1S/C10H7BrF2N2/c1-15-3-2-14-10(15)6-4-7(12)9(11)8(13)5-6/h2-5H,1H3. The van der Waals surface area contributed by atoms with Crippen LogP contribution < -0.4 is 0 Å². The average Bonchev–Trinajstić information content (AvgIpc) is 2.60. The Balaban J connectivity index is 2.60. The van der Waals surface area contributed by atoms with E-state index in [4.69, 9.17) is 0 Å². The Morgan fingerprint density at radius 2 is 1.87 bits per heavy atom. The summed E-state index contributed by atoms with van der Waals surface area (Å²) in [6.07, 6.45) is 3.29. The van der Waals surface area contributed by atoms with Gasteiger partial charge in [0.05, 0.1) is 4.47 Å². The highest BCUT2D eigenvalue weighted by molar-refractivity contribution is 9.10. The summed E-state index contributed by atoms with van der Waals surface area (Å²) in [5, 5.41) is 0. The van der Waals surface area contributed by atoms with Crippen LogP contribution in [0.25, 0.3) is 11.4 Å². The molecule has 0 fully saturated rings. The van der Waals surface area contributed by atoms with E-state index in [2.05, 4.69) is 20.9 Å². The zero-order valence-corrected chi connectivity index (χ0v) is 9.42. The van der Waals surface area contributed by atoms with Crippen molar-refractivity contribution in [3.8, 4) is 11.4 Å². The predicted octanol–water partition coefficient (Wildman–Crippen LogP) is 3.13. The first-order valence-electron chi connectivity index (χ1n) is 4.22. The summed E-state index contributed by atoms with van der Waals surface area (Å²) < 4.78 is 28.0. The van der Waals surface area contributed by atoms with Gasteiger partial charge in [0, 0.05) is 25.0 Å². The van der Waals surface area contributed by atoms with Crippen molar-refractivity contribution >= 4 is 15.9 Å². The molecule has 0 unspecified atom stereocenters.